The number of alkyl carbamates (subject to hydrolysis) is 1. The van der Waals surface area contributed by atoms with Crippen molar-refractivity contribution >= 4 is 27.9 Å². The first-order valence-electron chi connectivity index (χ1n) is 12.6. The summed E-state index contributed by atoms with van der Waals surface area (Å²) in [5.41, 5.74) is 1.56. The number of aliphatic hydroxyl groups is 1. The largest absolute Gasteiger partial charge is 0.445 e. The van der Waals surface area contributed by atoms with Gasteiger partial charge in [-0.1, -0.05) is 74.5 Å². The van der Waals surface area contributed by atoms with E-state index < -0.39 is 52.7 Å². The molecule has 0 aromatic heterocycles. The third-order valence-corrected chi connectivity index (χ3v) is 6.29. The zero-order valence-corrected chi connectivity index (χ0v) is 23.2. The van der Waals surface area contributed by atoms with Crippen LogP contribution in [0.5, 0.6) is 0 Å². The number of carbonyl (C=O) groups is 3. The molecule has 2 aromatic rings. The topological polar surface area (TPSA) is 163 Å². The monoisotopic (exact) mass is 562 g/mol. The molecule has 0 bridgehead atoms. The minimum absolute atomic E-state index is 0.0335. The minimum Gasteiger partial charge on any atom is -0.445 e. The molecule has 2 rings (SSSR count). The summed E-state index contributed by atoms with van der Waals surface area (Å²) in [6, 6.07) is 15.2. The van der Waals surface area contributed by atoms with E-state index in [9.17, 15) is 27.9 Å². The normalized spacial score (nSPS) is 13.7. The molecule has 0 saturated heterocycles. The summed E-state index contributed by atoms with van der Waals surface area (Å²) in [6.07, 6.45) is 0.622. The Hall–Kier alpha value is -3.48. The Morgan fingerprint density at radius 1 is 0.846 bits per heavy atom. The number of hydrogen-bond donors (Lipinski definition) is 5. The third-order valence-electron chi connectivity index (χ3n) is 5.60. The van der Waals surface area contributed by atoms with E-state index in [0.29, 0.717) is 6.42 Å². The van der Waals surface area contributed by atoms with E-state index in [1.54, 1.807) is 24.3 Å². The standard InChI is InChI=1S/C27H38N4O7S/c1-19(2)14-23(31-27(35)38-18-21-12-8-5-9-13-21)26(34)30-24(15-20-10-6-4-7-11-20)25(33)29-22(17-32)16-28-39(3,36)37/h4-13,19,22-24,28,32H,14-18H2,1-3H3,(H,29,33)(H,30,34)(H,31,35)/t22-,23-,24-/m0/s1. The zero-order valence-electron chi connectivity index (χ0n) is 22.4. The van der Waals surface area contributed by atoms with Gasteiger partial charge in [-0.25, -0.2) is 17.9 Å². The van der Waals surface area contributed by atoms with E-state index in [1.807, 2.05) is 50.2 Å². The zero-order chi connectivity index (χ0) is 28.8. The molecular weight excluding hydrogens is 524 g/mol. The van der Waals surface area contributed by atoms with Gasteiger partial charge in [0.15, 0.2) is 0 Å². The number of ether oxygens (including phenoxy) is 1. The lowest BCUT2D eigenvalue weighted by Crippen LogP contribution is -2.57. The van der Waals surface area contributed by atoms with Gasteiger partial charge in [0, 0.05) is 13.0 Å². The maximum absolute atomic E-state index is 13.3. The fraction of sp³-hybridized carbons (Fsp3) is 0.444. The number of nitrogens with one attached hydrogen (secondary N) is 4. The van der Waals surface area contributed by atoms with Crippen molar-refractivity contribution in [2.45, 2.75) is 51.4 Å². The highest BCUT2D eigenvalue weighted by molar-refractivity contribution is 7.88. The van der Waals surface area contributed by atoms with Gasteiger partial charge in [0.2, 0.25) is 21.8 Å². The van der Waals surface area contributed by atoms with Crippen LogP contribution in [-0.4, -0.2) is 69.0 Å². The van der Waals surface area contributed by atoms with Crippen molar-refractivity contribution < 1.29 is 32.6 Å². The number of amides is 3. The van der Waals surface area contributed by atoms with E-state index in [2.05, 4.69) is 20.7 Å². The average Bonchev–Trinajstić information content (AvgIpc) is 2.89. The molecule has 0 aliphatic carbocycles. The molecule has 0 spiro atoms. The lowest BCUT2D eigenvalue weighted by atomic mass is 10.0. The fourth-order valence-electron chi connectivity index (χ4n) is 3.66. The van der Waals surface area contributed by atoms with Crippen LogP contribution < -0.4 is 20.7 Å². The van der Waals surface area contributed by atoms with Gasteiger partial charge in [0.1, 0.15) is 18.7 Å². The van der Waals surface area contributed by atoms with Crippen molar-refractivity contribution in [3.8, 4) is 0 Å². The van der Waals surface area contributed by atoms with Crippen LogP contribution in [0.4, 0.5) is 4.79 Å². The molecule has 39 heavy (non-hydrogen) atoms. The Kier molecular flexibility index (Phi) is 12.9. The summed E-state index contributed by atoms with van der Waals surface area (Å²) in [7, 11) is -3.54. The van der Waals surface area contributed by atoms with Gasteiger partial charge in [-0.3, -0.25) is 9.59 Å². The van der Waals surface area contributed by atoms with Crippen molar-refractivity contribution in [3.05, 3.63) is 71.8 Å². The molecule has 0 unspecified atom stereocenters. The predicted octanol–water partition coefficient (Wildman–Crippen LogP) is 1.08. The predicted molar refractivity (Wildman–Crippen MR) is 147 cm³/mol. The second-order valence-corrected chi connectivity index (χ2v) is 11.5. The van der Waals surface area contributed by atoms with Gasteiger partial charge in [-0.2, -0.15) is 0 Å². The van der Waals surface area contributed by atoms with Gasteiger partial charge in [-0.15, -0.1) is 0 Å². The fourth-order valence-corrected chi connectivity index (χ4v) is 4.16. The molecule has 3 atom stereocenters. The van der Waals surface area contributed by atoms with E-state index in [-0.39, 0.29) is 25.5 Å². The molecule has 12 heteroatoms. The lowest BCUT2D eigenvalue weighted by Gasteiger charge is -2.26. The van der Waals surface area contributed by atoms with Crippen LogP contribution in [0.15, 0.2) is 60.7 Å². The van der Waals surface area contributed by atoms with Crippen LogP contribution in [-0.2, 0) is 37.4 Å². The first kappa shape index (κ1) is 31.7. The van der Waals surface area contributed by atoms with E-state index in [1.165, 1.54) is 0 Å². The van der Waals surface area contributed by atoms with Gasteiger partial charge in [0.25, 0.3) is 0 Å². The number of benzene rings is 2. The number of rotatable bonds is 15. The second kappa shape index (κ2) is 15.8. The van der Waals surface area contributed by atoms with Gasteiger partial charge in [-0.05, 0) is 23.5 Å². The summed E-state index contributed by atoms with van der Waals surface area (Å²) in [6.45, 7) is 3.08. The van der Waals surface area contributed by atoms with Gasteiger partial charge in [0.05, 0.1) is 18.9 Å². The molecular formula is C27H38N4O7S. The molecule has 0 saturated carbocycles. The summed E-state index contributed by atoms with van der Waals surface area (Å²) in [5.74, 6) is -1.15. The van der Waals surface area contributed by atoms with Crippen LogP contribution in [0.25, 0.3) is 0 Å². The average molecular weight is 563 g/mol. The highest BCUT2D eigenvalue weighted by atomic mass is 32.2. The van der Waals surface area contributed by atoms with Crippen LogP contribution in [0.2, 0.25) is 0 Å². The molecule has 0 aliphatic heterocycles. The Bertz CT molecular complexity index is 1160. The van der Waals surface area contributed by atoms with E-state index in [4.69, 9.17) is 4.74 Å². The highest BCUT2D eigenvalue weighted by Crippen LogP contribution is 2.09. The van der Waals surface area contributed by atoms with Crippen molar-refractivity contribution in [2.75, 3.05) is 19.4 Å². The van der Waals surface area contributed by atoms with Crippen LogP contribution in [0.3, 0.4) is 0 Å². The Balaban J connectivity index is 2.13. The Labute approximate surface area is 229 Å². The molecule has 5 N–H and O–H groups in total. The Morgan fingerprint density at radius 2 is 1.41 bits per heavy atom. The van der Waals surface area contributed by atoms with Gasteiger partial charge >= 0.3 is 6.09 Å². The highest BCUT2D eigenvalue weighted by Gasteiger charge is 2.29. The van der Waals surface area contributed by atoms with Crippen molar-refractivity contribution in [1.29, 1.82) is 0 Å². The van der Waals surface area contributed by atoms with Crippen LogP contribution >= 0.6 is 0 Å². The second-order valence-electron chi connectivity index (χ2n) is 9.65. The van der Waals surface area contributed by atoms with Gasteiger partial charge < -0.3 is 25.8 Å². The number of aliphatic hydroxyl groups excluding tert-OH is 1. The van der Waals surface area contributed by atoms with E-state index >= 15 is 0 Å². The third kappa shape index (κ3) is 12.7. The van der Waals surface area contributed by atoms with Crippen LogP contribution in [0.1, 0.15) is 31.4 Å². The molecule has 0 radical (unpaired) electrons. The smallest absolute Gasteiger partial charge is 0.408 e. The minimum atomic E-state index is -3.54. The molecule has 0 aliphatic rings. The summed E-state index contributed by atoms with van der Waals surface area (Å²) in [5, 5.41) is 17.5. The summed E-state index contributed by atoms with van der Waals surface area (Å²) < 4.78 is 30.4. The van der Waals surface area contributed by atoms with Crippen LogP contribution in [0, 0.1) is 5.92 Å². The first-order valence-corrected chi connectivity index (χ1v) is 14.5. The molecule has 214 valence electrons. The SMILES string of the molecule is CC(C)C[C@H](NC(=O)OCc1ccccc1)C(=O)N[C@@H](Cc1ccccc1)C(=O)N[C@H](CO)CNS(C)(=O)=O. The summed E-state index contributed by atoms with van der Waals surface area (Å²) >= 11 is 0. The molecule has 0 heterocycles. The molecule has 3 amide bonds. The number of carbonyl (C=O) groups excluding carboxylic acids is 3. The van der Waals surface area contributed by atoms with E-state index in [0.717, 1.165) is 17.4 Å². The molecule has 11 nitrogen and oxygen atoms in total. The maximum atomic E-state index is 13.3. The number of hydrogen-bond acceptors (Lipinski definition) is 7. The Morgan fingerprint density at radius 3 is 1.95 bits per heavy atom. The lowest BCUT2D eigenvalue weighted by molar-refractivity contribution is -0.130. The molecule has 2 aromatic carbocycles. The molecule has 0 fully saturated rings. The summed E-state index contributed by atoms with van der Waals surface area (Å²) in [4.78, 5) is 39.0. The maximum Gasteiger partial charge on any atom is 0.408 e. The number of sulfonamides is 1. The van der Waals surface area contributed by atoms with Crippen molar-refractivity contribution in [2.24, 2.45) is 5.92 Å². The van der Waals surface area contributed by atoms with Crippen molar-refractivity contribution in [3.63, 3.8) is 0 Å². The quantitative estimate of drug-likeness (QED) is 0.217. The van der Waals surface area contributed by atoms with Crippen molar-refractivity contribution in [1.82, 2.24) is 20.7 Å². The first-order chi connectivity index (χ1) is 18.5.